The fourth-order valence-electron chi connectivity index (χ4n) is 4.75. The van der Waals surface area contributed by atoms with Crippen molar-refractivity contribution in [3.05, 3.63) is 0 Å². The van der Waals surface area contributed by atoms with Crippen LogP contribution in [0.5, 0.6) is 0 Å². The van der Waals surface area contributed by atoms with Crippen molar-refractivity contribution in [1.82, 2.24) is 10.6 Å². The zero-order valence-corrected chi connectivity index (χ0v) is 21.9. The Kier molecular flexibility index (Phi) is 18.0. The van der Waals surface area contributed by atoms with Crippen LogP contribution in [-0.4, -0.2) is 36.2 Å². The Morgan fingerprint density at radius 1 is 1.00 bits per heavy atom. The summed E-state index contributed by atoms with van der Waals surface area (Å²) in [7, 11) is 0. The van der Waals surface area contributed by atoms with E-state index in [-0.39, 0.29) is 36.2 Å². The number of nitrogens with one attached hydrogen (secondary N) is 2. The molecule has 1 rings (SSSR count). The van der Waals surface area contributed by atoms with Gasteiger partial charge in [-0.05, 0) is 50.0 Å². The summed E-state index contributed by atoms with van der Waals surface area (Å²) in [6.45, 7) is 12.6. The molecule has 31 heavy (non-hydrogen) atoms. The Bertz CT molecular complexity index is 439. The minimum Gasteiger partial charge on any atom is -0.391 e. The summed E-state index contributed by atoms with van der Waals surface area (Å²) >= 11 is 0. The van der Waals surface area contributed by atoms with Crippen LogP contribution in [0.2, 0.25) is 0 Å². The van der Waals surface area contributed by atoms with Gasteiger partial charge in [-0.1, -0.05) is 86.0 Å². The van der Waals surface area contributed by atoms with Crippen molar-refractivity contribution in [2.75, 3.05) is 13.1 Å². The predicted molar refractivity (Wildman–Crippen MR) is 136 cm³/mol. The third-order valence-corrected chi connectivity index (χ3v) is 6.86. The molecule has 4 nitrogen and oxygen atoms in total. The molecular weight excluding hydrogens is 408 g/mol. The number of halogens is 1. The van der Waals surface area contributed by atoms with E-state index in [0.717, 1.165) is 50.6 Å². The van der Waals surface area contributed by atoms with E-state index in [0.29, 0.717) is 6.42 Å². The quantitative estimate of drug-likeness (QED) is 0.244. The number of hydrogen-bond acceptors (Lipinski definition) is 3. The van der Waals surface area contributed by atoms with Gasteiger partial charge in [0.2, 0.25) is 5.91 Å². The second-order valence-electron chi connectivity index (χ2n) is 10.5. The molecule has 0 aromatic heterocycles. The summed E-state index contributed by atoms with van der Waals surface area (Å²) in [5, 5.41) is 18.0. The molecule has 1 aliphatic carbocycles. The highest BCUT2D eigenvalue weighted by atomic mass is 35.5. The molecule has 0 aromatic carbocycles. The van der Waals surface area contributed by atoms with Gasteiger partial charge < -0.3 is 15.7 Å². The van der Waals surface area contributed by atoms with E-state index in [4.69, 9.17) is 0 Å². The molecule has 0 radical (unpaired) electrons. The van der Waals surface area contributed by atoms with Crippen LogP contribution in [0.4, 0.5) is 0 Å². The number of hydrogen-bond donors (Lipinski definition) is 3. The lowest BCUT2D eigenvalue weighted by molar-refractivity contribution is -0.127. The Hall–Kier alpha value is -0.320. The van der Waals surface area contributed by atoms with Gasteiger partial charge in [0, 0.05) is 18.5 Å². The minimum atomic E-state index is -0.457. The lowest BCUT2D eigenvalue weighted by Crippen LogP contribution is -2.45. The largest absolute Gasteiger partial charge is 0.391 e. The van der Waals surface area contributed by atoms with Crippen LogP contribution in [0.1, 0.15) is 112 Å². The average Bonchev–Trinajstić information content (AvgIpc) is 2.71. The first-order chi connectivity index (χ1) is 14.3. The number of carbonyl (C=O) groups is 1. The van der Waals surface area contributed by atoms with Gasteiger partial charge in [-0.15, -0.1) is 12.4 Å². The molecule has 0 saturated heterocycles. The summed E-state index contributed by atoms with van der Waals surface area (Å²) in [5.41, 5.74) is 0. The SMILES string of the molecule is CCCCNC(=O)C(CC(O)C(CC1CCCCC1)NCCCCC(C)C)C(C)C.Cl. The highest BCUT2D eigenvalue weighted by Gasteiger charge is 2.30. The van der Waals surface area contributed by atoms with E-state index < -0.39 is 6.10 Å². The van der Waals surface area contributed by atoms with Crippen LogP contribution in [0.15, 0.2) is 0 Å². The Balaban J connectivity index is 0.00000900. The van der Waals surface area contributed by atoms with Crippen molar-refractivity contribution in [3.63, 3.8) is 0 Å². The Morgan fingerprint density at radius 2 is 1.68 bits per heavy atom. The van der Waals surface area contributed by atoms with Gasteiger partial charge in [-0.25, -0.2) is 0 Å². The molecule has 0 aliphatic heterocycles. The van der Waals surface area contributed by atoms with Crippen molar-refractivity contribution in [2.24, 2.45) is 23.7 Å². The maximum Gasteiger partial charge on any atom is 0.223 e. The third-order valence-electron chi connectivity index (χ3n) is 6.86. The van der Waals surface area contributed by atoms with Crippen molar-refractivity contribution >= 4 is 18.3 Å². The molecule has 3 N–H and O–H groups in total. The van der Waals surface area contributed by atoms with Crippen LogP contribution in [0.25, 0.3) is 0 Å². The average molecular weight is 461 g/mol. The van der Waals surface area contributed by atoms with Gasteiger partial charge >= 0.3 is 0 Å². The maximum absolute atomic E-state index is 12.7. The Labute approximate surface area is 199 Å². The van der Waals surface area contributed by atoms with Crippen LogP contribution in [0.3, 0.4) is 0 Å². The first kappa shape index (κ1) is 30.7. The predicted octanol–water partition coefficient (Wildman–Crippen LogP) is 6.10. The van der Waals surface area contributed by atoms with Crippen LogP contribution < -0.4 is 10.6 Å². The fourth-order valence-corrected chi connectivity index (χ4v) is 4.75. The number of unbranched alkanes of at least 4 members (excludes halogenated alkanes) is 2. The summed E-state index contributed by atoms with van der Waals surface area (Å²) in [4.78, 5) is 12.7. The Morgan fingerprint density at radius 3 is 2.26 bits per heavy atom. The first-order valence-corrected chi connectivity index (χ1v) is 13.0. The molecule has 1 amide bonds. The second-order valence-corrected chi connectivity index (χ2v) is 10.5. The van der Waals surface area contributed by atoms with Gasteiger partial charge in [-0.2, -0.15) is 0 Å². The van der Waals surface area contributed by atoms with Crippen molar-refractivity contribution in [3.8, 4) is 0 Å². The molecule has 0 aromatic rings. The van der Waals surface area contributed by atoms with Crippen molar-refractivity contribution in [2.45, 2.75) is 124 Å². The molecule has 3 atom stereocenters. The molecule has 0 spiro atoms. The highest BCUT2D eigenvalue weighted by Crippen LogP contribution is 2.29. The van der Waals surface area contributed by atoms with E-state index in [2.05, 4.69) is 45.3 Å². The van der Waals surface area contributed by atoms with Crippen LogP contribution in [0, 0.1) is 23.7 Å². The molecular formula is C26H53ClN2O2. The van der Waals surface area contributed by atoms with E-state index in [9.17, 15) is 9.90 Å². The first-order valence-electron chi connectivity index (χ1n) is 13.0. The van der Waals surface area contributed by atoms with E-state index in [1.165, 1.54) is 44.9 Å². The molecule has 1 saturated carbocycles. The number of amides is 1. The molecule has 1 aliphatic rings. The summed E-state index contributed by atoms with van der Waals surface area (Å²) in [5.74, 6) is 1.71. The van der Waals surface area contributed by atoms with Gasteiger partial charge in [-0.3, -0.25) is 4.79 Å². The minimum absolute atomic E-state index is 0. The monoisotopic (exact) mass is 460 g/mol. The number of carbonyl (C=O) groups excluding carboxylic acids is 1. The molecule has 5 heteroatoms. The molecule has 0 heterocycles. The zero-order chi connectivity index (χ0) is 22.4. The second kappa shape index (κ2) is 18.1. The van der Waals surface area contributed by atoms with Gasteiger partial charge in [0.25, 0.3) is 0 Å². The fraction of sp³-hybridized carbons (Fsp3) is 0.962. The number of rotatable bonds is 16. The normalized spacial score (nSPS) is 17.9. The highest BCUT2D eigenvalue weighted by molar-refractivity contribution is 5.85. The lowest BCUT2D eigenvalue weighted by Gasteiger charge is -2.32. The van der Waals surface area contributed by atoms with Crippen molar-refractivity contribution < 1.29 is 9.90 Å². The van der Waals surface area contributed by atoms with E-state index in [1.807, 2.05) is 0 Å². The number of aliphatic hydroxyl groups excluding tert-OH is 1. The zero-order valence-electron chi connectivity index (χ0n) is 21.1. The smallest absolute Gasteiger partial charge is 0.223 e. The summed E-state index contributed by atoms with van der Waals surface area (Å²) < 4.78 is 0. The van der Waals surface area contributed by atoms with E-state index in [1.54, 1.807) is 0 Å². The van der Waals surface area contributed by atoms with Gasteiger partial charge in [0.1, 0.15) is 0 Å². The molecule has 3 unspecified atom stereocenters. The van der Waals surface area contributed by atoms with Crippen LogP contribution in [-0.2, 0) is 4.79 Å². The van der Waals surface area contributed by atoms with Crippen LogP contribution >= 0.6 is 12.4 Å². The lowest BCUT2D eigenvalue weighted by atomic mass is 9.81. The summed E-state index contributed by atoms with van der Waals surface area (Å²) in [6, 6.07) is 0.108. The molecule has 1 fully saturated rings. The van der Waals surface area contributed by atoms with Crippen molar-refractivity contribution in [1.29, 1.82) is 0 Å². The van der Waals surface area contributed by atoms with Gasteiger partial charge in [0.05, 0.1) is 6.10 Å². The van der Waals surface area contributed by atoms with E-state index >= 15 is 0 Å². The molecule has 186 valence electrons. The standard InChI is InChI=1S/C26H52N2O2.ClH/c1-6-7-16-28-26(30)23(21(4)5)19-25(29)24(18-22-14-9-8-10-15-22)27-17-12-11-13-20(2)3;/h20-25,27,29H,6-19H2,1-5H3,(H,28,30);1H. The van der Waals surface area contributed by atoms with Gasteiger partial charge in [0.15, 0.2) is 0 Å². The number of aliphatic hydroxyl groups is 1. The summed E-state index contributed by atoms with van der Waals surface area (Å²) in [6.07, 6.45) is 13.5. The topological polar surface area (TPSA) is 61.4 Å². The third kappa shape index (κ3) is 13.7. The molecule has 0 bridgehead atoms. The maximum atomic E-state index is 12.7.